The molecular weight excluding hydrogens is 371 g/mol. The van der Waals surface area contributed by atoms with Crippen molar-refractivity contribution in [2.75, 3.05) is 0 Å². The molecule has 2 aromatic carbocycles. The lowest BCUT2D eigenvalue weighted by Gasteiger charge is -2.11. The first-order valence-electron chi connectivity index (χ1n) is 7.98. The fraction of sp³-hybridized carbons (Fsp3) is 0.263. The first-order chi connectivity index (χ1) is 12.3. The Balaban J connectivity index is 1.77. The Labute approximate surface area is 151 Å². The number of fused-ring (bicyclic) bond motifs is 1. The minimum atomic E-state index is -5.09. The Kier molecular flexibility index (Phi) is 5.18. The molecule has 0 unspecified atom stereocenters. The van der Waals surface area contributed by atoms with Crippen molar-refractivity contribution in [3.8, 4) is 5.75 Å². The van der Waals surface area contributed by atoms with Crippen LogP contribution in [0.1, 0.15) is 29.3 Å². The van der Waals surface area contributed by atoms with E-state index < -0.39 is 23.4 Å². The van der Waals surface area contributed by atoms with Gasteiger partial charge in [-0.15, -0.1) is 11.3 Å². The first-order valence-corrected chi connectivity index (χ1v) is 8.80. The molecule has 138 valence electrons. The van der Waals surface area contributed by atoms with E-state index in [2.05, 4.69) is 13.0 Å². The number of halogens is 5. The number of hydrogen-bond donors (Lipinski definition) is 0. The zero-order valence-corrected chi connectivity index (χ0v) is 14.6. The third-order valence-corrected chi connectivity index (χ3v) is 4.93. The molecule has 0 bridgehead atoms. The molecule has 3 rings (SSSR count). The summed E-state index contributed by atoms with van der Waals surface area (Å²) in [6.07, 6.45) is -3.07. The molecule has 0 aliphatic carbocycles. The Morgan fingerprint density at radius 2 is 1.69 bits per heavy atom. The second kappa shape index (κ2) is 7.23. The van der Waals surface area contributed by atoms with Crippen LogP contribution in [-0.2, 0) is 19.2 Å². The molecule has 26 heavy (non-hydrogen) atoms. The minimum Gasteiger partial charge on any atom is -0.488 e. The van der Waals surface area contributed by atoms with E-state index >= 15 is 0 Å². The molecule has 1 heterocycles. The highest BCUT2D eigenvalue weighted by atomic mass is 32.1. The molecule has 0 radical (unpaired) electrons. The highest BCUT2D eigenvalue weighted by Gasteiger charge is 2.38. The molecule has 7 heteroatoms. The maximum atomic E-state index is 13.6. The van der Waals surface area contributed by atoms with Gasteiger partial charge in [0, 0.05) is 21.7 Å². The van der Waals surface area contributed by atoms with Gasteiger partial charge >= 0.3 is 6.18 Å². The van der Waals surface area contributed by atoms with Gasteiger partial charge in [0.1, 0.15) is 29.6 Å². The van der Waals surface area contributed by atoms with E-state index in [0.29, 0.717) is 12.1 Å². The van der Waals surface area contributed by atoms with Crippen LogP contribution in [0.4, 0.5) is 22.0 Å². The van der Waals surface area contributed by atoms with Crippen LogP contribution in [0.5, 0.6) is 5.75 Å². The maximum absolute atomic E-state index is 13.6. The van der Waals surface area contributed by atoms with Crippen molar-refractivity contribution in [1.82, 2.24) is 0 Å². The van der Waals surface area contributed by atoms with Crippen molar-refractivity contribution in [3.63, 3.8) is 0 Å². The number of hydrogen-bond acceptors (Lipinski definition) is 2. The van der Waals surface area contributed by atoms with E-state index in [1.165, 1.54) is 16.9 Å². The smallest absolute Gasteiger partial charge is 0.422 e. The lowest BCUT2D eigenvalue weighted by atomic mass is 10.1. The van der Waals surface area contributed by atoms with Gasteiger partial charge in [0.05, 0.1) is 0 Å². The van der Waals surface area contributed by atoms with Crippen LogP contribution in [0.2, 0.25) is 0 Å². The second-order valence-corrected chi connectivity index (χ2v) is 7.05. The molecule has 0 fully saturated rings. The zero-order valence-electron chi connectivity index (χ0n) is 13.8. The fourth-order valence-corrected chi connectivity index (χ4v) is 3.75. The molecule has 0 saturated heterocycles. The second-order valence-electron chi connectivity index (χ2n) is 5.88. The maximum Gasteiger partial charge on any atom is 0.422 e. The summed E-state index contributed by atoms with van der Waals surface area (Å²) in [4.78, 5) is 0.814. The lowest BCUT2D eigenvalue weighted by molar-refractivity contribution is -0.142. The fourth-order valence-electron chi connectivity index (χ4n) is 2.70. The predicted octanol–water partition coefficient (Wildman–Crippen LogP) is 6.73. The quantitative estimate of drug-likeness (QED) is 0.442. The molecule has 1 nitrogen and oxygen atoms in total. The number of ether oxygens (including phenoxy) is 1. The highest BCUT2D eigenvalue weighted by Crippen LogP contribution is 2.36. The summed E-state index contributed by atoms with van der Waals surface area (Å²) in [7, 11) is 0. The van der Waals surface area contributed by atoms with Crippen molar-refractivity contribution in [2.45, 2.75) is 32.5 Å². The Morgan fingerprint density at radius 1 is 1.00 bits per heavy atom. The number of alkyl halides is 3. The van der Waals surface area contributed by atoms with Gasteiger partial charge in [-0.2, -0.15) is 13.2 Å². The molecule has 0 atom stereocenters. The standard InChI is InChI=1S/C19H15F5OS/c1-2-3-11-4-5-12-7-14(26-17(12)6-11)10-25-13-8-15(20)18(16(21)9-13)19(22,23)24/h4-9H,2-3,10H2,1H3. The third-order valence-electron chi connectivity index (χ3n) is 3.85. The monoisotopic (exact) mass is 386 g/mol. The van der Waals surface area contributed by atoms with E-state index in [1.807, 2.05) is 18.2 Å². The van der Waals surface area contributed by atoms with Crippen molar-refractivity contribution >= 4 is 21.4 Å². The Hall–Kier alpha value is -2.15. The highest BCUT2D eigenvalue weighted by molar-refractivity contribution is 7.19. The molecule has 0 spiro atoms. The van der Waals surface area contributed by atoms with E-state index in [-0.39, 0.29) is 12.4 Å². The van der Waals surface area contributed by atoms with Gasteiger partial charge in [0.25, 0.3) is 0 Å². The van der Waals surface area contributed by atoms with E-state index in [0.717, 1.165) is 27.8 Å². The van der Waals surface area contributed by atoms with Gasteiger partial charge < -0.3 is 4.74 Å². The van der Waals surface area contributed by atoms with Gasteiger partial charge in [-0.25, -0.2) is 8.78 Å². The van der Waals surface area contributed by atoms with Crippen LogP contribution in [0.25, 0.3) is 10.1 Å². The van der Waals surface area contributed by atoms with Crippen LogP contribution >= 0.6 is 11.3 Å². The zero-order chi connectivity index (χ0) is 18.9. The van der Waals surface area contributed by atoms with Gasteiger partial charge in [0.15, 0.2) is 0 Å². The summed E-state index contributed by atoms with van der Waals surface area (Å²) in [5.74, 6) is -3.65. The lowest BCUT2D eigenvalue weighted by Crippen LogP contribution is -2.11. The number of aryl methyl sites for hydroxylation is 1. The third kappa shape index (κ3) is 3.98. The van der Waals surface area contributed by atoms with E-state index in [4.69, 9.17) is 4.74 Å². The van der Waals surface area contributed by atoms with Crippen LogP contribution in [0.3, 0.4) is 0 Å². The molecule has 0 aliphatic heterocycles. The van der Waals surface area contributed by atoms with Crippen LogP contribution < -0.4 is 4.74 Å². The molecular formula is C19H15F5OS. The normalized spacial score (nSPS) is 11.9. The molecule has 0 N–H and O–H groups in total. The van der Waals surface area contributed by atoms with E-state index in [9.17, 15) is 22.0 Å². The molecule has 0 saturated carbocycles. The summed E-state index contributed by atoms with van der Waals surface area (Å²) >= 11 is 1.48. The largest absolute Gasteiger partial charge is 0.488 e. The summed E-state index contributed by atoms with van der Waals surface area (Å²) in [6.45, 7) is 2.12. The van der Waals surface area contributed by atoms with Crippen LogP contribution in [0, 0.1) is 11.6 Å². The number of benzene rings is 2. The average Bonchev–Trinajstić information content (AvgIpc) is 2.93. The Bertz CT molecular complexity index is 906. The van der Waals surface area contributed by atoms with Crippen molar-refractivity contribution in [1.29, 1.82) is 0 Å². The first kappa shape index (κ1) is 18.6. The molecule has 0 amide bonds. The SMILES string of the molecule is CCCc1ccc2cc(COc3cc(F)c(C(F)(F)F)c(F)c3)sc2c1. The van der Waals surface area contributed by atoms with Gasteiger partial charge in [-0.05, 0) is 29.5 Å². The summed E-state index contributed by atoms with van der Waals surface area (Å²) < 4.78 is 71.3. The summed E-state index contributed by atoms with van der Waals surface area (Å²) in [5, 5.41) is 1.03. The predicted molar refractivity (Wildman–Crippen MR) is 91.5 cm³/mol. The van der Waals surface area contributed by atoms with Crippen molar-refractivity contribution in [2.24, 2.45) is 0 Å². The minimum absolute atomic E-state index is 0.0205. The van der Waals surface area contributed by atoms with Crippen LogP contribution in [-0.4, -0.2) is 0 Å². The molecule has 0 aliphatic rings. The van der Waals surface area contributed by atoms with Gasteiger partial charge in [-0.3, -0.25) is 0 Å². The van der Waals surface area contributed by atoms with E-state index in [1.54, 1.807) is 0 Å². The number of rotatable bonds is 5. The average molecular weight is 386 g/mol. The Morgan fingerprint density at radius 3 is 2.31 bits per heavy atom. The van der Waals surface area contributed by atoms with Gasteiger partial charge in [-0.1, -0.05) is 25.5 Å². The summed E-state index contributed by atoms with van der Waals surface area (Å²) in [5.41, 5.74) is -0.684. The van der Waals surface area contributed by atoms with Crippen molar-refractivity contribution < 1.29 is 26.7 Å². The topological polar surface area (TPSA) is 9.23 Å². The van der Waals surface area contributed by atoms with Gasteiger partial charge in [0.2, 0.25) is 0 Å². The molecule has 3 aromatic rings. The van der Waals surface area contributed by atoms with Crippen molar-refractivity contribution in [3.05, 3.63) is 64.0 Å². The summed E-state index contributed by atoms with van der Waals surface area (Å²) in [6, 6.07) is 9.13. The van der Waals surface area contributed by atoms with Crippen LogP contribution in [0.15, 0.2) is 36.4 Å². The number of thiophene rings is 1. The molecule has 1 aromatic heterocycles.